The topological polar surface area (TPSA) is 29.9 Å². The standard InChI is InChI=1S/C15H19BrClN3/c1-4-20-14(15(17)11(3)19-20)9-18-10(2)12-5-7-13(16)8-6-12/h5-8,10,18H,4,9H2,1-3H3/t10-/m1/s1. The van der Waals surface area contributed by atoms with Gasteiger partial charge in [0, 0.05) is 23.6 Å². The molecule has 0 fully saturated rings. The number of hydrogen-bond acceptors (Lipinski definition) is 2. The van der Waals surface area contributed by atoms with E-state index in [1.165, 1.54) is 5.56 Å². The van der Waals surface area contributed by atoms with E-state index in [4.69, 9.17) is 11.6 Å². The van der Waals surface area contributed by atoms with Crippen molar-refractivity contribution in [2.75, 3.05) is 0 Å². The third-order valence-electron chi connectivity index (χ3n) is 3.40. The van der Waals surface area contributed by atoms with E-state index in [2.05, 4.69) is 64.5 Å². The van der Waals surface area contributed by atoms with Gasteiger partial charge in [0.1, 0.15) is 0 Å². The van der Waals surface area contributed by atoms with Crippen molar-refractivity contribution in [1.29, 1.82) is 0 Å². The Morgan fingerprint density at radius 1 is 1.35 bits per heavy atom. The van der Waals surface area contributed by atoms with Crippen LogP contribution in [0, 0.1) is 6.92 Å². The van der Waals surface area contributed by atoms with Gasteiger partial charge in [0.15, 0.2) is 0 Å². The molecule has 0 aliphatic heterocycles. The van der Waals surface area contributed by atoms with Crippen molar-refractivity contribution in [3.05, 3.63) is 50.7 Å². The molecule has 1 atom stereocenters. The molecule has 0 amide bonds. The van der Waals surface area contributed by atoms with E-state index >= 15 is 0 Å². The molecule has 0 spiro atoms. The van der Waals surface area contributed by atoms with Gasteiger partial charge in [0.05, 0.1) is 16.4 Å². The van der Waals surface area contributed by atoms with Crippen molar-refractivity contribution in [2.45, 2.75) is 39.9 Å². The molecule has 1 heterocycles. The van der Waals surface area contributed by atoms with Gasteiger partial charge >= 0.3 is 0 Å². The minimum absolute atomic E-state index is 0.264. The van der Waals surface area contributed by atoms with Crippen LogP contribution in [-0.2, 0) is 13.1 Å². The fourth-order valence-corrected chi connectivity index (χ4v) is 2.62. The molecule has 0 radical (unpaired) electrons. The lowest BCUT2D eigenvalue weighted by Crippen LogP contribution is -2.20. The smallest absolute Gasteiger partial charge is 0.0860 e. The molecule has 20 heavy (non-hydrogen) atoms. The first-order valence-corrected chi connectivity index (χ1v) is 7.90. The third kappa shape index (κ3) is 3.43. The fraction of sp³-hybridized carbons (Fsp3) is 0.400. The van der Waals surface area contributed by atoms with Crippen molar-refractivity contribution in [3.8, 4) is 0 Å². The molecule has 2 rings (SSSR count). The summed E-state index contributed by atoms with van der Waals surface area (Å²) in [6.07, 6.45) is 0. The summed E-state index contributed by atoms with van der Waals surface area (Å²) in [4.78, 5) is 0. The first-order valence-electron chi connectivity index (χ1n) is 6.73. The summed E-state index contributed by atoms with van der Waals surface area (Å²) in [6.45, 7) is 7.71. The number of aryl methyl sites for hydroxylation is 2. The number of hydrogen-bond donors (Lipinski definition) is 1. The second-order valence-electron chi connectivity index (χ2n) is 4.82. The lowest BCUT2D eigenvalue weighted by molar-refractivity contribution is 0.531. The minimum atomic E-state index is 0.264. The van der Waals surface area contributed by atoms with Crippen LogP contribution in [0.25, 0.3) is 0 Å². The number of nitrogens with zero attached hydrogens (tertiary/aromatic N) is 2. The Hall–Kier alpha value is -0.840. The Balaban J connectivity index is 2.07. The maximum Gasteiger partial charge on any atom is 0.0860 e. The average molecular weight is 357 g/mol. The highest BCUT2D eigenvalue weighted by Gasteiger charge is 2.13. The van der Waals surface area contributed by atoms with Crippen molar-refractivity contribution >= 4 is 27.5 Å². The molecule has 0 saturated heterocycles. The molecule has 3 nitrogen and oxygen atoms in total. The van der Waals surface area contributed by atoms with Crippen molar-refractivity contribution in [3.63, 3.8) is 0 Å². The highest BCUT2D eigenvalue weighted by Crippen LogP contribution is 2.22. The van der Waals surface area contributed by atoms with Crippen LogP contribution in [0.4, 0.5) is 0 Å². The summed E-state index contributed by atoms with van der Waals surface area (Å²) >= 11 is 9.77. The SMILES string of the molecule is CCn1nc(C)c(Cl)c1CN[C@H](C)c1ccc(Br)cc1. The predicted molar refractivity (Wildman–Crippen MR) is 87.0 cm³/mol. The van der Waals surface area contributed by atoms with Crippen molar-refractivity contribution in [2.24, 2.45) is 0 Å². The Morgan fingerprint density at radius 2 is 2.00 bits per heavy atom. The fourth-order valence-electron chi connectivity index (χ4n) is 2.16. The van der Waals surface area contributed by atoms with Gasteiger partial charge in [-0.25, -0.2) is 0 Å². The summed E-state index contributed by atoms with van der Waals surface area (Å²) < 4.78 is 3.05. The zero-order valence-corrected chi connectivity index (χ0v) is 14.3. The Labute approximate surface area is 133 Å². The maximum atomic E-state index is 6.31. The van der Waals surface area contributed by atoms with Crippen LogP contribution in [0.3, 0.4) is 0 Å². The van der Waals surface area contributed by atoms with Gasteiger partial charge in [0.2, 0.25) is 0 Å². The van der Waals surface area contributed by atoms with Crippen LogP contribution in [0.2, 0.25) is 5.02 Å². The van der Waals surface area contributed by atoms with Crippen LogP contribution < -0.4 is 5.32 Å². The summed E-state index contributed by atoms with van der Waals surface area (Å²) in [6, 6.07) is 8.61. The van der Waals surface area contributed by atoms with Gasteiger partial charge in [-0.3, -0.25) is 4.68 Å². The second-order valence-corrected chi connectivity index (χ2v) is 6.11. The molecule has 2 aromatic rings. The average Bonchev–Trinajstić information content (AvgIpc) is 2.72. The molecular formula is C15H19BrClN3. The summed E-state index contributed by atoms with van der Waals surface area (Å²) in [5, 5.41) is 8.70. The van der Waals surface area contributed by atoms with E-state index in [-0.39, 0.29) is 6.04 Å². The highest BCUT2D eigenvalue weighted by atomic mass is 79.9. The maximum absolute atomic E-state index is 6.31. The number of rotatable bonds is 5. The quantitative estimate of drug-likeness (QED) is 0.856. The zero-order chi connectivity index (χ0) is 14.7. The first kappa shape index (κ1) is 15.5. The molecule has 1 aromatic carbocycles. The van der Waals surface area contributed by atoms with Gasteiger partial charge in [-0.2, -0.15) is 5.10 Å². The lowest BCUT2D eigenvalue weighted by Gasteiger charge is -2.15. The van der Waals surface area contributed by atoms with Crippen LogP contribution in [-0.4, -0.2) is 9.78 Å². The van der Waals surface area contributed by atoms with Crippen molar-refractivity contribution < 1.29 is 0 Å². The third-order valence-corrected chi connectivity index (χ3v) is 4.42. The molecule has 108 valence electrons. The largest absolute Gasteiger partial charge is 0.305 e. The van der Waals surface area contributed by atoms with Gasteiger partial charge in [0.25, 0.3) is 0 Å². The van der Waals surface area contributed by atoms with E-state index in [1.54, 1.807) is 0 Å². The van der Waals surface area contributed by atoms with Crippen LogP contribution in [0.15, 0.2) is 28.7 Å². The molecule has 0 unspecified atom stereocenters. The molecule has 0 aliphatic carbocycles. The molecule has 0 saturated carbocycles. The number of benzene rings is 1. The van der Waals surface area contributed by atoms with Gasteiger partial charge in [-0.1, -0.05) is 39.7 Å². The van der Waals surface area contributed by atoms with E-state index in [9.17, 15) is 0 Å². The monoisotopic (exact) mass is 355 g/mol. The molecule has 1 N–H and O–H groups in total. The van der Waals surface area contributed by atoms with Crippen LogP contribution in [0.1, 0.15) is 36.8 Å². The molecule has 0 aliphatic rings. The van der Waals surface area contributed by atoms with Gasteiger partial charge < -0.3 is 5.32 Å². The van der Waals surface area contributed by atoms with E-state index in [1.807, 2.05) is 11.6 Å². The van der Waals surface area contributed by atoms with Crippen molar-refractivity contribution in [1.82, 2.24) is 15.1 Å². The molecule has 5 heteroatoms. The predicted octanol–water partition coefficient (Wildman–Crippen LogP) is 4.48. The number of halogens is 2. The Kier molecular flexibility index (Phi) is 5.24. The zero-order valence-electron chi connectivity index (χ0n) is 12.0. The summed E-state index contributed by atoms with van der Waals surface area (Å²) in [7, 11) is 0. The van der Waals surface area contributed by atoms with E-state index < -0.39 is 0 Å². The highest BCUT2D eigenvalue weighted by molar-refractivity contribution is 9.10. The summed E-state index contributed by atoms with van der Waals surface area (Å²) in [5.74, 6) is 0. The number of aromatic nitrogens is 2. The summed E-state index contributed by atoms with van der Waals surface area (Å²) in [5.41, 5.74) is 3.20. The van der Waals surface area contributed by atoms with Crippen LogP contribution in [0.5, 0.6) is 0 Å². The number of nitrogens with one attached hydrogen (secondary N) is 1. The lowest BCUT2D eigenvalue weighted by atomic mass is 10.1. The molecular weight excluding hydrogens is 338 g/mol. The molecule has 0 bridgehead atoms. The van der Waals surface area contributed by atoms with E-state index in [0.717, 1.165) is 27.4 Å². The Morgan fingerprint density at radius 3 is 2.60 bits per heavy atom. The normalized spacial score (nSPS) is 12.7. The first-order chi connectivity index (χ1) is 9.52. The van der Waals surface area contributed by atoms with Gasteiger partial charge in [-0.15, -0.1) is 0 Å². The second kappa shape index (κ2) is 6.74. The minimum Gasteiger partial charge on any atom is -0.305 e. The van der Waals surface area contributed by atoms with Crippen LogP contribution >= 0.6 is 27.5 Å². The Bertz CT molecular complexity index is 578. The van der Waals surface area contributed by atoms with E-state index in [0.29, 0.717) is 6.54 Å². The van der Waals surface area contributed by atoms with Gasteiger partial charge in [-0.05, 0) is 38.5 Å². The molecule has 1 aromatic heterocycles.